The molecule has 1 atom stereocenters. The van der Waals surface area contributed by atoms with Crippen molar-refractivity contribution in [3.05, 3.63) is 76.7 Å². The molecule has 7 heteroatoms. The Labute approximate surface area is 212 Å². The average molecular weight is 488 g/mol. The Hall–Kier alpha value is -3.35. The molecule has 0 radical (unpaired) electrons. The highest BCUT2D eigenvalue weighted by atomic mass is 19.1. The van der Waals surface area contributed by atoms with Crippen molar-refractivity contribution in [3.63, 3.8) is 0 Å². The molecule has 6 rings (SSSR count). The highest BCUT2D eigenvalue weighted by molar-refractivity contribution is 5.94. The van der Waals surface area contributed by atoms with Crippen molar-refractivity contribution in [2.45, 2.75) is 64.1 Å². The molecule has 2 aliphatic heterocycles. The number of hydrogen-bond acceptors (Lipinski definition) is 3. The minimum Gasteiger partial charge on any atom is -0.369 e. The topological polar surface area (TPSA) is 44.6 Å². The number of anilines is 2. The summed E-state index contributed by atoms with van der Waals surface area (Å²) < 4.78 is 16.4. The third kappa shape index (κ3) is 3.94. The van der Waals surface area contributed by atoms with Gasteiger partial charge in [0.1, 0.15) is 5.82 Å². The molecule has 2 amide bonds. The molecule has 36 heavy (non-hydrogen) atoms. The summed E-state index contributed by atoms with van der Waals surface area (Å²) in [6, 6.07) is 13.9. The van der Waals surface area contributed by atoms with E-state index in [0.717, 1.165) is 42.9 Å². The van der Waals surface area contributed by atoms with Crippen molar-refractivity contribution in [3.8, 4) is 0 Å². The van der Waals surface area contributed by atoms with Crippen LogP contribution in [0.25, 0.3) is 0 Å². The van der Waals surface area contributed by atoms with Gasteiger partial charge in [0.25, 0.3) is 0 Å². The molecule has 1 saturated heterocycles. The zero-order chi connectivity index (χ0) is 25.0. The maximum absolute atomic E-state index is 14.6. The number of benzene rings is 2. The standard InChI is InChI=1S/C29H34FN5O/c1-19-7-6-10-26(30)27(19)33-15-13-23(14-16-33)35-20(2)25-18-32(3)31-28(25)34(29(35)36)17-22-8-4-5-9-24(22)21-11-12-21/h4-10,18,20-21,23H,11-17H2,1-3H3. The highest BCUT2D eigenvalue weighted by Crippen LogP contribution is 2.44. The van der Waals surface area contributed by atoms with E-state index in [4.69, 9.17) is 5.10 Å². The molecule has 1 aliphatic carbocycles. The second-order valence-electron chi connectivity index (χ2n) is 10.6. The summed E-state index contributed by atoms with van der Waals surface area (Å²) in [5, 5.41) is 4.72. The molecule has 1 saturated carbocycles. The van der Waals surface area contributed by atoms with Crippen LogP contribution in [0.1, 0.15) is 66.8 Å². The second kappa shape index (κ2) is 8.95. The van der Waals surface area contributed by atoms with E-state index in [-0.39, 0.29) is 23.9 Å². The molecule has 6 nitrogen and oxygen atoms in total. The van der Waals surface area contributed by atoms with Crippen LogP contribution in [0.5, 0.6) is 0 Å². The summed E-state index contributed by atoms with van der Waals surface area (Å²) in [7, 11) is 1.92. The number of amides is 2. The van der Waals surface area contributed by atoms with Crippen molar-refractivity contribution in [1.29, 1.82) is 0 Å². The van der Waals surface area contributed by atoms with Gasteiger partial charge >= 0.3 is 6.03 Å². The first kappa shape index (κ1) is 23.1. The number of urea groups is 1. The van der Waals surface area contributed by atoms with Gasteiger partial charge in [0, 0.05) is 37.9 Å². The smallest absolute Gasteiger partial charge is 0.326 e. The van der Waals surface area contributed by atoms with Gasteiger partial charge in [-0.15, -0.1) is 0 Å². The molecule has 2 aromatic carbocycles. The van der Waals surface area contributed by atoms with Crippen LogP contribution >= 0.6 is 0 Å². The van der Waals surface area contributed by atoms with Crippen molar-refractivity contribution < 1.29 is 9.18 Å². The molecular weight excluding hydrogens is 453 g/mol. The highest BCUT2D eigenvalue weighted by Gasteiger charge is 2.42. The molecule has 1 unspecified atom stereocenters. The zero-order valence-electron chi connectivity index (χ0n) is 21.3. The molecule has 3 aromatic rings. The van der Waals surface area contributed by atoms with Crippen LogP contribution in [-0.4, -0.2) is 39.8 Å². The number of aromatic nitrogens is 2. The first-order valence-corrected chi connectivity index (χ1v) is 13.1. The van der Waals surface area contributed by atoms with E-state index in [1.54, 1.807) is 6.07 Å². The zero-order valence-corrected chi connectivity index (χ0v) is 21.3. The summed E-state index contributed by atoms with van der Waals surface area (Å²) >= 11 is 0. The predicted octanol–water partition coefficient (Wildman–Crippen LogP) is 5.92. The van der Waals surface area contributed by atoms with E-state index >= 15 is 0 Å². The molecule has 0 bridgehead atoms. The minimum absolute atomic E-state index is 0.0276. The first-order chi connectivity index (χ1) is 17.4. The third-order valence-corrected chi connectivity index (χ3v) is 8.17. The van der Waals surface area contributed by atoms with E-state index in [0.29, 0.717) is 18.2 Å². The summed E-state index contributed by atoms with van der Waals surface area (Å²) in [4.78, 5) is 20.2. The van der Waals surface area contributed by atoms with E-state index in [2.05, 4.69) is 47.2 Å². The third-order valence-electron chi connectivity index (χ3n) is 8.17. The Bertz CT molecular complexity index is 1270. The van der Waals surface area contributed by atoms with Crippen LogP contribution in [0.3, 0.4) is 0 Å². The first-order valence-electron chi connectivity index (χ1n) is 13.1. The molecule has 1 aromatic heterocycles. The van der Waals surface area contributed by atoms with Gasteiger partial charge in [-0.25, -0.2) is 9.18 Å². The molecule has 0 spiro atoms. The number of carbonyl (C=O) groups excluding carboxylic acids is 1. The lowest BCUT2D eigenvalue weighted by molar-refractivity contribution is 0.136. The number of aryl methyl sites for hydroxylation is 2. The van der Waals surface area contributed by atoms with Crippen LogP contribution in [0.2, 0.25) is 0 Å². The number of nitrogens with zero attached hydrogens (tertiary/aromatic N) is 5. The fourth-order valence-electron chi connectivity index (χ4n) is 6.19. The summed E-state index contributed by atoms with van der Waals surface area (Å²) in [5.41, 5.74) is 5.32. The Morgan fingerprint density at radius 3 is 2.47 bits per heavy atom. The Kier molecular flexibility index (Phi) is 5.73. The number of hydrogen-bond donors (Lipinski definition) is 0. The van der Waals surface area contributed by atoms with Gasteiger partial charge in [-0.2, -0.15) is 5.10 Å². The van der Waals surface area contributed by atoms with Crippen LogP contribution in [0.4, 0.5) is 20.7 Å². The number of para-hydroxylation sites is 1. The fourth-order valence-corrected chi connectivity index (χ4v) is 6.19. The fraction of sp³-hybridized carbons (Fsp3) is 0.448. The SMILES string of the molecule is Cc1cccc(F)c1N1CCC(N2C(=O)N(Cc3ccccc3C3CC3)c3nn(C)cc3C2C)CC1. The predicted molar refractivity (Wildman–Crippen MR) is 140 cm³/mol. The molecule has 0 N–H and O–H groups in total. The van der Waals surface area contributed by atoms with Crippen molar-refractivity contribution >= 4 is 17.5 Å². The Balaban J connectivity index is 1.27. The van der Waals surface area contributed by atoms with Crippen molar-refractivity contribution in [1.82, 2.24) is 14.7 Å². The lowest BCUT2D eigenvalue weighted by Gasteiger charge is -2.46. The maximum atomic E-state index is 14.6. The van der Waals surface area contributed by atoms with E-state index in [9.17, 15) is 9.18 Å². The quantitative estimate of drug-likeness (QED) is 0.449. The maximum Gasteiger partial charge on any atom is 0.326 e. The van der Waals surface area contributed by atoms with Crippen molar-refractivity contribution in [2.75, 3.05) is 22.9 Å². The number of halogens is 1. The monoisotopic (exact) mass is 487 g/mol. The van der Waals surface area contributed by atoms with E-state index in [1.807, 2.05) is 29.6 Å². The van der Waals surface area contributed by atoms with Crippen molar-refractivity contribution in [2.24, 2.45) is 7.05 Å². The van der Waals surface area contributed by atoms with Gasteiger partial charge in [-0.05, 0) is 68.2 Å². The van der Waals surface area contributed by atoms with Crippen LogP contribution in [0, 0.1) is 12.7 Å². The number of carbonyl (C=O) groups is 1. The Morgan fingerprint density at radius 2 is 1.75 bits per heavy atom. The van der Waals surface area contributed by atoms with Gasteiger partial charge < -0.3 is 9.80 Å². The second-order valence-corrected chi connectivity index (χ2v) is 10.6. The molecule has 188 valence electrons. The number of fused-ring (bicyclic) bond motifs is 1. The summed E-state index contributed by atoms with van der Waals surface area (Å²) in [6.07, 6.45) is 6.13. The van der Waals surface area contributed by atoms with E-state index in [1.165, 1.54) is 30.0 Å². The van der Waals surface area contributed by atoms with Crippen LogP contribution < -0.4 is 9.80 Å². The molecule has 3 heterocycles. The number of piperidine rings is 1. The lowest BCUT2D eigenvalue weighted by atomic mass is 9.96. The molecule has 3 aliphatic rings. The van der Waals surface area contributed by atoms with Gasteiger partial charge in [-0.1, -0.05) is 36.4 Å². The van der Waals surface area contributed by atoms with Gasteiger partial charge in [-0.3, -0.25) is 9.58 Å². The van der Waals surface area contributed by atoms with Crippen LogP contribution in [-0.2, 0) is 13.6 Å². The number of rotatable bonds is 5. The summed E-state index contributed by atoms with van der Waals surface area (Å²) in [6.45, 7) is 6.07. The lowest BCUT2D eigenvalue weighted by Crippen LogP contribution is -2.55. The molecular formula is C29H34FN5O. The van der Waals surface area contributed by atoms with Gasteiger partial charge in [0.05, 0.1) is 18.3 Å². The summed E-state index contributed by atoms with van der Waals surface area (Å²) in [5.74, 6) is 1.22. The Morgan fingerprint density at radius 1 is 1.00 bits per heavy atom. The molecule has 2 fully saturated rings. The van der Waals surface area contributed by atoms with Gasteiger partial charge in [0.15, 0.2) is 5.82 Å². The average Bonchev–Trinajstić information content (AvgIpc) is 3.63. The normalized spacial score (nSPS) is 20.7. The van der Waals surface area contributed by atoms with Crippen LogP contribution in [0.15, 0.2) is 48.7 Å². The van der Waals surface area contributed by atoms with Gasteiger partial charge in [0.2, 0.25) is 0 Å². The minimum atomic E-state index is -0.170. The largest absolute Gasteiger partial charge is 0.369 e. The van der Waals surface area contributed by atoms with E-state index < -0.39 is 0 Å².